The summed E-state index contributed by atoms with van der Waals surface area (Å²) in [6.07, 6.45) is -0.581. The highest BCUT2D eigenvalue weighted by Gasteiger charge is 2.31. The number of urea groups is 1. The van der Waals surface area contributed by atoms with Gasteiger partial charge in [0.1, 0.15) is 18.7 Å². The molecule has 2 atom stereocenters. The lowest BCUT2D eigenvalue weighted by Gasteiger charge is -2.28. The minimum absolute atomic E-state index is 0.0573. The van der Waals surface area contributed by atoms with Gasteiger partial charge in [0.25, 0.3) is 5.91 Å². The fourth-order valence-corrected chi connectivity index (χ4v) is 3.79. The molecule has 1 heterocycles. The van der Waals surface area contributed by atoms with E-state index in [9.17, 15) is 19.2 Å². The van der Waals surface area contributed by atoms with Crippen LogP contribution in [0, 0.1) is 5.92 Å². The van der Waals surface area contributed by atoms with Crippen LogP contribution in [0.4, 0.5) is 9.59 Å². The number of rotatable bonds is 9. The third-order valence-electron chi connectivity index (χ3n) is 5.88. The molecular formula is C27H34N4O6. The standard InChI is InChI=1S/C27H34N4O6/c1-19(2)23(29-27(35)37-18-21-11-7-4-8-12-21)25(33)28-22(17-20-9-5-3-6-10-20)24(32)30-26(34)31-13-15-36-16-14-31/h3-12,19,22-23H,13-18H2,1-2H3,(H,28,33)(H,29,35)(H,30,32,34)/t22-,23-/m0/s1. The van der Waals surface area contributed by atoms with Crippen molar-refractivity contribution in [2.45, 2.75) is 39.0 Å². The third-order valence-corrected chi connectivity index (χ3v) is 5.88. The number of hydrogen-bond acceptors (Lipinski definition) is 6. The van der Waals surface area contributed by atoms with Crippen molar-refractivity contribution < 1.29 is 28.7 Å². The molecule has 198 valence electrons. The normalized spacial score (nSPS) is 14.8. The number of carbonyl (C=O) groups excluding carboxylic acids is 4. The van der Waals surface area contributed by atoms with Crippen LogP contribution in [0.1, 0.15) is 25.0 Å². The summed E-state index contributed by atoms with van der Waals surface area (Å²) in [7, 11) is 0. The number of carbonyl (C=O) groups is 4. The summed E-state index contributed by atoms with van der Waals surface area (Å²) >= 11 is 0. The second-order valence-electron chi connectivity index (χ2n) is 9.07. The van der Waals surface area contributed by atoms with Gasteiger partial charge < -0.3 is 25.0 Å². The molecule has 2 aromatic rings. The lowest BCUT2D eigenvalue weighted by molar-refractivity contribution is -0.130. The Labute approximate surface area is 216 Å². The van der Waals surface area contributed by atoms with Crippen molar-refractivity contribution in [3.05, 3.63) is 71.8 Å². The zero-order chi connectivity index (χ0) is 26.6. The number of morpholine rings is 1. The fraction of sp³-hybridized carbons (Fsp3) is 0.407. The van der Waals surface area contributed by atoms with E-state index in [0.29, 0.717) is 26.3 Å². The Bertz CT molecular complexity index is 1040. The summed E-state index contributed by atoms with van der Waals surface area (Å²) in [4.78, 5) is 52.8. The van der Waals surface area contributed by atoms with Crippen LogP contribution in [-0.4, -0.2) is 67.2 Å². The molecule has 37 heavy (non-hydrogen) atoms. The zero-order valence-electron chi connectivity index (χ0n) is 21.1. The van der Waals surface area contributed by atoms with Gasteiger partial charge in [0.2, 0.25) is 5.91 Å². The van der Waals surface area contributed by atoms with E-state index in [1.165, 1.54) is 4.90 Å². The first kappa shape index (κ1) is 27.7. The summed E-state index contributed by atoms with van der Waals surface area (Å²) in [5.74, 6) is -1.48. The highest BCUT2D eigenvalue weighted by Crippen LogP contribution is 2.08. The highest BCUT2D eigenvalue weighted by atomic mass is 16.5. The average Bonchev–Trinajstić information content (AvgIpc) is 2.91. The van der Waals surface area contributed by atoms with E-state index in [-0.39, 0.29) is 18.9 Å². The minimum atomic E-state index is -1.04. The molecule has 5 amide bonds. The Hall–Kier alpha value is -3.92. The number of ether oxygens (including phenoxy) is 2. The molecule has 1 aliphatic rings. The number of nitrogens with one attached hydrogen (secondary N) is 3. The Morgan fingerprint density at radius 3 is 2.05 bits per heavy atom. The quantitative estimate of drug-likeness (QED) is 0.475. The molecule has 3 rings (SSSR count). The molecule has 0 aromatic heterocycles. The van der Waals surface area contributed by atoms with Crippen LogP contribution in [0.5, 0.6) is 0 Å². The van der Waals surface area contributed by atoms with E-state index in [2.05, 4.69) is 16.0 Å². The SMILES string of the molecule is CC(C)[C@H](NC(=O)OCc1ccccc1)C(=O)N[C@@H](Cc1ccccc1)C(=O)NC(=O)N1CCOCC1. The number of nitrogens with zero attached hydrogens (tertiary/aromatic N) is 1. The van der Waals surface area contributed by atoms with Crippen LogP contribution in [0.25, 0.3) is 0 Å². The van der Waals surface area contributed by atoms with Crippen molar-refractivity contribution in [3.63, 3.8) is 0 Å². The zero-order valence-corrected chi connectivity index (χ0v) is 21.1. The van der Waals surface area contributed by atoms with E-state index < -0.39 is 36.0 Å². The largest absolute Gasteiger partial charge is 0.445 e. The number of benzene rings is 2. The molecule has 1 aliphatic heterocycles. The molecule has 2 aromatic carbocycles. The van der Waals surface area contributed by atoms with E-state index in [1.54, 1.807) is 13.8 Å². The van der Waals surface area contributed by atoms with Gasteiger partial charge in [-0.3, -0.25) is 14.9 Å². The Morgan fingerprint density at radius 1 is 0.865 bits per heavy atom. The first-order chi connectivity index (χ1) is 17.8. The lowest BCUT2D eigenvalue weighted by atomic mass is 10.0. The van der Waals surface area contributed by atoms with Crippen LogP contribution in [0.3, 0.4) is 0 Å². The minimum Gasteiger partial charge on any atom is -0.445 e. The van der Waals surface area contributed by atoms with Crippen LogP contribution >= 0.6 is 0 Å². The van der Waals surface area contributed by atoms with Gasteiger partial charge in [-0.05, 0) is 17.0 Å². The van der Waals surface area contributed by atoms with E-state index in [0.717, 1.165) is 11.1 Å². The van der Waals surface area contributed by atoms with Gasteiger partial charge in [0, 0.05) is 19.5 Å². The maximum Gasteiger partial charge on any atom is 0.408 e. The van der Waals surface area contributed by atoms with Crippen LogP contribution in [0.15, 0.2) is 60.7 Å². The lowest BCUT2D eigenvalue weighted by Crippen LogP contribution is -2.58. The molecule has 3 N–H and O–H groups in total. The van der Waals surface area contributed by atoms with E-state index >= 15 is 0 Å². The van der Waals surface area contributed by atoms with Gasteiger partial charge in [-0.15, -0.1) is 0 Å². The Morgan fingerprint density at radius 2 is 1.46 bits per heavy atom. The maximum absolute atomic E-state index is 13.2. The molecule has 0 bridgehead atoms. The molecule has 0 aliphatic carbocycles. The van der Waals surface area contributed by atoms with Gasteiger partial charge in [0.15, 0.2) is 0 Å². The van der Waals surface area contributed by atoms with Crippen molar-refractivity contribution >= 4 is 23.9 Å². The number of hydrogen-bond donors (Lipinski definition) is 3. The summed E-state index contributed by atoms with van der Waals surface area (Å²) < 4.78 is 10.5. The van der Waals surface area contributed by atoms with Crippen molar-refractivity contribution in [1.82, 2.24) is 20.9 Å². The molecule has 0 unspecified atom stereocenters. The third kappa shape index (κ3) is 8.91. The predicted octanol–water partition coefficient (Wildman–Crippen LogP) is 2.23. The molecule has 0 saturated carbocycles. The summed E-state index contributed by atoms with van der Waals surface area (Å²) in [6.45, 7) is 5.15. The molecule has 0 spiro atoms. The second kappa shape index (κ2) is 14.0. The van der Waals surface area contributed by atoms with Crippen LogP contribution < -0.4 is 16.0 Å². The number of amides is 5. The summed E-state index contributed by atoms with van der Waals surface area (Å²) in [6, 6.07) is 15.8. The fourth-order valence-electron chi connectivity index (χ4n) is 3.79. The monoisotopic (exact) mass is 510 g/mol. The predicted molar refractivity (Wildman–Crippen MR) is 136 cm³/mol. The Balaban J connectivity index is 1.65. The molecule has 0 radical (unpaired) electrons. The maximum atomic E-state index is 13.2. The van der Waals surface area contributed by atoms with E-state index in [1.807, 2.05) is 60.7 Å². The van der Waals surface area contributed by atoms with Crippen molar-refractivity contribution in [1.29, 1.82) is 0 Å². The molecule has 10 nitrogen and oxygen atoms in total. The smallest absolute Gasteiger partial charge is 0.408 e. The van der Waals surface area contributed by atoms with Crippen LogP contribution in [-0.2, 0) is 32.1 Å². The summed E-state index contributed by atoms with van der Waals surface area (Å²) in [5, 5.41) is 7.70. The number of imide groups is 1. The Kier molecular flexibility index (Phi) is 10.5. The molecule has 1 saturated heterocycles. The molecule has 10 heteroatoms. The summed E-state index contributed by atoms with van der Waals surface area (Å²) in [5.41, 5.74) is 1.62. The van der Waals surface area contributed by atoms with Crippen molar-refractivity contribution in [3.8, 4) is 0 Å². The molecular weight excluding hydrogens is 476 g/mol. The second-order valence-corrected chi connectivity index (χ2v) is 9.07. The van der Waals surface area contributed by atoms with Gasteiger partial charge in [0.05, 0.1) is 13.2 Å². The van der Waals surface area contributed by atoms with Crippen LogP contribution in [0.2, 0.25) is 0 Å². The van der Waals surface area contributed by atoms with Gasteiger partial charge in [-0.2, -0.15) is 0 Å². The van der Waals surface area contributed by atoms with Crippen molar-refractivity contribution in [2.24, 2.45) is 5.92 Å². The van der Waals surface area contributed by atoms with Gasteiger partial charge in [-0.1, -0.05) is 74.5 Å². The van der Waals surface area contributed by atoms with Gasteiger partial charge >= 0.3 is 12.1 Å². The number of alkyl carbamates (subject to hydrolysis) is 1. The first-order valence-corrected chi connectivity index (χ1v) is 12.3. The highest BCUT2D eigenvalue weighted by molar-refractivity contribution is 5.99. The topological polar surface area (TPSA) is 126 Å². The van der Waals surface area contributed by atoms with E-state index in [4.69, 9.17) is 9.47 Å². The average molecular weight is 511 g/mol. The van der Waals surface area contributed by atoms with Crippen molar-refractivity contribution in [2.75, 3.05) is 26.3 Å². The van der Waals surface area contributed by atoms with Gasteiger partial charge in [-0.25, -0.2) is 9.59 Å². The first-order valence-electron chi connectivity index (χ1n) is 12.3. The molecule has 1 fully saturated rings.